The van der Waals surface area contributed by atoms with Crippen molar-refractivity contribution >= 4 is 27.6 Å². The van der Waals surface area contributed by atoms with E-state index in [4.69, 9.17) is 5.73 Å². The number of aliphatic imine (C=N–C) groups is 1. The summed E-state index contributed by atoms with van der Waals surface area (Å²) >= 11 is 3.16. The van der Waals surface area contributed by atoms with Gasteiger partial charge in [-0.25, -0.2) is 4.99 Å². The molecule has 0 saturated heterocycles. The van der Waals surface area contributed by atoms with Crippen LogP contribution in [0.3, 0.4) is 0 Å². The number of nitrogens with one attached hydrogen (secondary N) is 1. The van der Waals surface area contributed by atoms with Crippen molar-refractivity contribution in [3.63, 3.8) is 0 Å². The van der Waals surface area contributed by atoms with Crippen LogP contribution in [0.1, 0.15) is 26.3 Å². The van der Waals surface area contributed by atoms with E-state index in [2.05, 4.69) is 26.2 Å². The molecule has 1 aromatic carbocycles. The lowest BCUT2D eigenvalue weighted by molar-refractivity contribution is -0.137. The van der Waals surface area contributed by atoms with Gasteiger partial charge in [-0.2, -0.15) is 13.2 Å². The van der Waals surface area contributed by atoms with Gasteiger partial charge < -0.3 is 11.1 Å². The van der Waals surface area contributed by atoms with Crippen molar-refractivity contribution in [2.75, 3.05) is 5.32 Å². The first kappa shape index (κ1) is 15.8. The topological polar surface area (TPSA) is 50.4 Å². The first-order valence-electron chi connectivity index (χ1n) is 5.48. The molecule has 19 heavy (non-hydrogen) atoms. The van der Waals surface area contributed by atoms with E-state index in [1.54, 1.807) is 0 Å². The largest absolute Gasteiger partial charge is 0.416 e. The van der Waals surface area contributed by atoms with Crippen LogP contribution >= 0.6 is 15.9 Å². The summed E-state index contributed by atoms with van der Waals surface area (Å²) in [5, 5.41) is 2.66. The van der Waals surface area contributed by atoms with E-state index in [0.717, 1.165) is 12.1 Å². The SMILES string of the molecule is CC(C)(C)N=C(N)Nc1cc(C(F)(F)F)ccc1Br. The molecule has 0 fully saturated rings. The minimum absolute atomic E-state index is 0.0625. The third-order valence-corrected chi connectivity index (χ3v) is 2.70. The predicted molar refractivity (Wildman–Crippen MR) is 74.1 cm³/mol. The van der Waals surface area contributed by atoms with Crippen molar-refractivity contribution < 1.29 is 13.2 Å². The Hall–Kier alpha value is -1.24. The molecule has 0 aliphatic rings. The van der Waals surface area contributed by atoms with E-state index in [1.165, 1.54) is 6.07 Å². The predicted octanol–water partition coefficient (Wildman–Crippen LogP) is 3.99. The van der Waals surface area contributed by atoms with Crippen molar-refractivity contribution in [1.82, 2.24) is 0 Å². The van der Waals surface area contributed by atoms with Gasteiger partial charge in [-0.3, -0.25) is 0 Å². The Labute approximate surface area is 118 Å². The minimum Gasteiger partial charge on any atom is -0.370 e. The van der Waals surface area contributed by atoms with Gasteiger partial charge in [-0.15, -0.1) is 0 Å². The van der Waals surface area contributed by atoms with Crippen LogP contribution in [-0.4, -0.2) is 11.5 Å². The highest BCUT2D eigenvalue weighted by atomic mass is 79.9. The smallest absolute Gasteiger partial charge is 0.370 e. The zero-order valence-electron chi connectivity index (χ0n) is 10.8. The normalized spacial score (nSPS) is 13.5. The Bertz CT molecular complexity index is 490. The number of guanidine groups is 1. The second kappa shape index (κ2) is 5.40. The molecule has 1 aromatic rings. The van der Waals surface area contributed by atoms with Crippen LogP contribution in [-0.2, 0) is 6.18 Å². The molecule has 3 N–H and O–H groups in total. The van der Waals surface area contributed by atoms with Crippen molar-refractivity contribution in [1.29, 1.82) is 0 Å². The molecule has 0 aliphatic heterocycles. The molecule has 0 aliphatic carbocycles. The number of alkyl halides is 3. The zero-order chi connectivity index (χ0) is 14.8. The highest BCUT2D eigenvalue weighted by Crippen LogP contribution is 2.33. The van der Waals surface area contributed by atoms with Crippen molar-refractivity contribution in [3.8, 4) is 0 Å². The number of hydrogen-bond donors (Lipinski definition) is 2. The van der Waals surface area contributed by atoms with Crippen molar-refractivity contribution in [2.45, 2.75) is 32.5 Å². The van der Waals surface area contributed by atoms with Crippen LogP contribution in [0.5, 0.6) is 0 Å². The van der Waals surface area contributed by atoms with Crippen LogP contribution in [0.25, 0.3) is 0 Å². The van der Waals surface area contributed by atoms with Gasteiger partial charge in [0.05, 0.1) is 16.8 Å². The molecule has 0 spiro atoms. The molecule has 0 radical (unpaired) electrons. The second-order valence-corrected chi connectivity index (χ2v) is 5.84. The average molecular weight is 338 g/mol. The van der Waals surface area contributed by atoms with Crippen molar-refractivity contribution in [2.24, 2.45) is 10.7 Å². The molecule has 3 nitrogen and oxygen atoms in total. The van der Waals surface area contributed by atoms with E-state index < -0.39 is 17.3 Å². The quantitative estimate of drug-likeness (QED) is 0.601. The standard InChI is InChI=1S/C12H15BrF3N3/c1-11(2,3)19-10(17)18-9-6-7(12(14,15)16)4-5-8(9)13/h4-6H,1-3H3,(H3,17,18,19). The number of halogens is 4. The van der Waals surface area contributed by atoms with Gasteiger partial charge in [-0.05, 0) is 54.9 Å². The number of nitrogens with two attached hydrogens (primary N) is 1. The first-order valence-corrected chi connectivity index (χ1v) is 6.27. The van der Waals surface area contributed by atoms with E-state index in [-0.39, 0.29) is 11.6 Å². The molecule has 0 unspecified atom stereocenters. The number of anilines is 1. The first-order chi connectivity index (χ1) is 8.49. The summed E-state index contributed by atoms with van der Waals surface area (Å²) in [7, 11) is 0. The summed E-state index contributed by atoms with van der Waals surface area (Å²) < 4.78 is 38.3. The lowest BCUT2D eigenvalue weighted by atomic mass is 10.1. The van der Waals surface area contributed by atoms with E-state index in [1.807, 2.05) is 20.8 Å². The van der Waals surface area contributed by atoms with Crippen LogP contribution in [0, 0.1) is 0 Å². The Morgan fingerprint density at radius 1 is 1.26 bits per heavy atom. The Morgan fingerprint density at radius 2 is 1.84 bits per heavy atom. The summed E-state index contributed by atoms with van der Waals surface area (Å²) in [6, 6.07) is 3.29. The lowest BCUT2D eigenvalue weighted by Gasteiger charge is -2.16. The summed E-state index contributed by atoms with van der Waals surface area (Å²) in [6.07, 6.45) is -4.40. The molecular formula is C12H15BrF3N3. The zero-order valence-corrected chi connectivity index (χ0v) is 12.4. The Kier molecular flexibility index (Phi) is 4.50. The second-order valence-electron chi connectivity index (χ2n) is 4.99. The van der Waals surface area contributed by atoms with Gasteiger partial charge in [0, 0.05) is 4.47 Å². The summed E-state index contributed by atoms with van der Waals surface area (Å²) in [5.41, 5.74) is 4.72. The molecule has 0 saturated carbocycles. The van der Waals surface area contributed by atoms with Crippen molar-refractivity contribution in [3.05, 3.63) is 28.2 Å². The number of hydrogen-bond acceptors (Lipinski definition) is 1. The fourth-order valence-electron chi connectivity index (χ4n) is 1.32. The Balaban J connectivity index is 3.05. The summed E-state index contributed by atoms with van der Waals surface area (Å²) in [5.74, 6) is 0.0625. The Morgan fingerprint density at radius 3 is 2.32 bits per heavy atom. The number of nitrogens with zero attached hydrogens (tertiary/aromatic N) is 1. The average Bonchev–Trinajstić information content (AvgIpc) is 2.16. The summed E-state index contributed by atoms with van der Waals surface area (Å²) in [6.45, 7) is 5.51. The molecule has 7 heteroatoms. The monoisotopic (exact) mass is 337 g/mol. The van der Waals surface area contributed by atoms with Crippen LogP contribution in [0.2, 0.25) is 0 Å². The minimum atomic E-state index is -4.40. The fraction of sp³-hybridized carbons (Fsp3) is 0.417. The maximum absolute atomic E-state index is 12.6. The highest BCUT2D eigenvalue weighted by molar-refractivity contribution is 9.10. The molecule has 0 amide bonds. The third-order valence-electron chi connectivity index (χ3n) is 2.01. The van der Waals surface area contributed by atoms with Crippen LogP contribution < -0.4 is 11.1 Å². The molecule has 0 heterocycles. The molecule has 0 aromatic heterocycles. The highest BCUT2D eigenvalue weighted by Gasteiger charge is 2.31. The fourth-order valence-corrected chi connectivity index (χ4v) is 1.67. The maximum Gasteiger partial charge on any atom is 0.416 e. The van der Waals surface area contributed by atoms with Gasteiger partial charge in [0.1, 0.15) is 0 Å². The van der Waals surface area contributed by atoms with Gasteiger partial charge in [-0.1, -0.05) is 0 Å². The van der Waals surface area contributed by atoms with Gasteiger partial charge >= 0.3 is 6.18 Å². The van der Waals surface area contributed by atoms with Gasteiger partial charge in [0.15, 0.2) is 5.96 Å². The molecule has 106 valence electrons. The lowest BCUT2D eigenvalue weighted by Crippen LogP contribution is -2.27. The summed E-state index contributed by atoms with van der Waals surface area (Å²) in [4.78, 5) is 4.12. The van der Waals surface area contributed by atoms with E-state index in [0.29, 0.717) is 4.47 Å². The molecular weight excluding hydrogens is 323 g/mol. The molecule has 0 atom stereocenters. The molecule has 0 bridgehead atoms. The molecule has 1 rings (SSSR count). The van der Waals surface area contributed by atoms with E-state index in [9.17, 15) is 13.2 Å². The third kappa shape index (κ3) is 5.10. The van der Waals surface area contributed by atoms with E-state index >= 15 is 0 Å². The maximum atomic E-state index is 12.6. The number of benzene rings is 1. The number of rotatable bonds is 1. The van der Waals surface area contributed by atoms with Gasteiger partial charge in [0.25, 0.3) is 0 Å². The van der Waals surface area contributed by atoms with Crippen LogP contribution in [0.15, 0.2) is 27.7 Å². The van der Waals surface area contributed by atoms with Crippen LogP contribution in [0.4, 0.5) is 18.9 Å². The van der Waals surface area contributed by atoms with Gasteiger partial charge in [0.2, 0.25) is 0 Å².